The van der Waals surface area contributed by atoms with Crippen LogP contribution in [0, 0.1) is 0 Å². The molecular weight excluding hydrogens is 300 g/mol. The Morgan fingerprint density at radius 2 is 2.27 bits per heavy atom. The largest absolute Gasteiger partial charge is 0.371 e. The van der Waals surface area contributed by atoms with Gasteiger partial charge in [0.05, 0.1) is 12.2 Å². The fourth-order valence-electron chi connectivity index (χ4n) is 2.83. The highest BCUT2D eigenvalue weighted by atomic mass is 32.1. The summed E-state index contributed by atoms with van der Waals surface area (Å²) < 4.78 is 7.70. The number of hydrogen-bond acceptors (Lipinski definition) is 5. The highest BCUT2D eigenvalue weighted by Crippen LogP contribution is 2.39. The summed E-state index contributed by atoms with van der Waals surface area (Å²) in [6.45, 7) is 1.46. The molecule has 2 aromatic rings. The van der Waals surface area contributed by atoms with Gasteiger partial charge in [0.25, 0.3) is 5.91 Å². The van der Waals surface area contributed by atoms with Crippen LogP contribution < -0.4 is 5.73 Å². The Kier molecular flexibility index (Phi) is 3.46. The maximum Gasteiger partial charge on any atom is 0.268 e. The highest BCUT2D eigenvalue weighted by molar-refractivity contribution is 7.09. The van der Waals surface area contributed by atoms with Crippen molar-refractivity contribution in [1.82, 2.24) is 14.5 Å². The zero-order valence-corrected chi connectivity index (χ0v) is 13.0. The van der Waals surface area contributed by atoms with Gasteiger partial charge in [-0.2, -0.15) is 0 Å². The van der Waals surface area contributed by atoms with E-state index in [2.05, 4.69) is 10.4 Å². The minimum atomic E-state index is -0.473. The van der Waals surface area contributed by atoms with Crippen molar-refractivity contribution >= 4 is 17.2 Å². The number of carbonyl (C=O) groups excluding carboxylic acids is 1. The van der Waals surface area contributed by atoms with Gasteiger partial charge in [-0.3, -0.25) is 4.79 Å². The molecule has 1 saturated heterocycles. The van der Waals surface area contributed by atoms with Crippen molar-refractivity contribution in [2.24, 2.45) is 5.73 Å². The first-order valence-corrected chi connectivity index (χ1v) is 8.51. The van der Waals surface area contributed by atoms with Crippen molar-refractivity contribution in [2.45, 2.75) is 44.2 Å². The number of rotatable bonds is 5. The molecule has 0 radical (unpaired) electrons. The van der Waals surface area contributed by atoms with Crippen molar-refractivity contribution in [2.75, 3.05) is 6.61 Å². The van der Waals surface area contributed by atoms with Crippen molar-refractivity contribution in [3.8, 4) is 0 Å². The molecule has 1 saturated carbocycles. The van der Waals surface area contributed by atoms with Gasteiger partial charge in [-0.05, 0) is 25.7 Å². The monoisotopic (exact) mass is 318 g/mol. The summed E-state index contributed by atoms with van der Waals surface area (Å²) in [4.78, 5) is 20.4. The second-order valence-corrected chi connectivity index (χ2v) is 6.82. The second kappa shape index (κ2) is 5.48. The topological polar surface area (TPSA) is 83.0 Å². The zero-order valence-electron chi connectivity index (χ0n) is 12.2. The summed E-state index contributed by atoms with van der Waals surface area (Å²) in [5.41, 5.74) is 6.69. The molecule has 116 valence electrons. The maximum atomic E-state index is 11.4. The molecule has 6 nitrogen and oxygen atoms in total. The first kappa shape index (κ1) is 13.9. The van der Waals surface area contributed by atoms with Crippen LogP contribution in [0.25, 0.3) is 0 Å². The summed E-state index contributed by atoms with van der Waals surface area (Å²) in [5.74, 6) is 0.948. The van der Waals surface area contributed by atoms with E-state index in [1.54, 1.807) is 17.5 Å². The molecule has 1 atom stereocenters. The number of nitrogens with two attached hydrogens (primary N) is 1. The number of ether oxygens (including phenoxy) is 1. The second-order valence-electron chi connectivity index (χ2n) is 5.93. The van der Waals surface area contributed by atoms with Crippen LogP contribution >= 0.6 is 11.3 Å². The third-order valence-electron chi connectivity index (χ3n) is 4.11. The lowest BCUT2D eigenvalue weighted by Gasteiger charge is -2.05. The molecule has 2 fully saturated rings. The molecule has 0 spiro atoms. The average molecular weight is 318 g/mol. The molecule has 1 aliphatic carbocycles. The van der Waals surface area contributed by atoms with E-state index in [-0.39, 0.29) is 6.10 Å². The molecular formula is C15H18N4O2S. The smallest absolute Gasteiger partial charge is 0.268 e. The van der Waals surface area contributed by atoms with Crippen molar-refractivity contribution in [3.63, 3.8) is 0 Å². The van der Waals surface area contributed by atoms with Gasteiger partial charge in [-0.25, -0.2) is 9.97 Å². The minimum Gasteiger partial charge on any atom is -0.371 e. The van der Waals surface area contributed by atoms with Crippen molar-refractivity contribution < 1.29 is 9.53 Å². The Balaban J connectivity index is 1.56. The quantitative estimate of drug-likeness (QED) is 0.916. The van der Waals surface area contributed by atoms with E-state index in [9.17, 15) is 4.79 Å². The molecule has 1 aliphatic heterocycles. The van der Waals surface area contributed by atoms with E-state index >= 15 is 0 Å². The fourth-order valence-corrected chi connectivity index (χ4v) is 3.72. The molecule has 0 aromatic carbocycles. The van der Waals surface area contributed by atoms with Crippen molar-refractivity contribution in [1.29, 1.82) is 0 Å². The third kappa shape index (κ3) is 2.66. The molecule has 3 heterocycles. The van der Waals surface area contributed by atoms with Gasteiger partial charge in [0.15, 0.2) is 0 Å². The van der Waals surface area contributed by atoms with E-state index in [0.717, 1.165) is 48.8 Å². The lowest BCUT2D eigenvalue weighted by atomic mass is 10.2. The maximum absolute atomic E-state index is 11.4. The van der Waals surface area contributed by atoms with Gasteiger partial charge in [0.1, 0.15) is 22.6 Å². The van der Waals surface area contributed by atoms with E-state index in [4.69, 9.17) is 15.5 Å². The standard InChI is InChI=1S/C15H18N4O2S/c16-13(20)11-7-19(14(18-11)9-3-4-9)6-10-8-22-15(17-10)12-2-1-5-21-12/h7-9,12H,1-6H2,(H2,16,20)/t12-/m1/s1. The number of imidazole rings is 1. The molecule has 0 bridgehead atoms. The summed E-state index contributed by atoms with van der Waals surface area (Å²) in [5, 5.41) is 3.12. The van der Waals surface area contributed by atoms with Crippen molar-refractivity contribution in [3.05, 3.63) is 33.8 Å². The number of aromatic nitrogens is 3. The Hall–Kier alpha value is -1.73. The predicted molar refractivity (Wildman–Crippen MR) is 81.9 cm³/mol. The van der Waals surface area contributed by atoms with Crippen LogP contribution in [0.3, 0.4) is 0 Å². The van der Waals surface area contributed by atoms with E-state index in [1.807, 2.05) is 4.57 Å². The molecule has 2 N–H and O–H groups in total. The number of primary amides is 1. The number of carbonyl (C=O) groups is 1. The average Bonchev–Trinajstić information content (AvgIpc) is 2.96. The predicted octanol–water partition coefficient (Wildman–Crippen LogP) is 2.22. The number of nitrogens with zero attached hydrogens (tertiary/aromatic N) is 3. The Labute approximate surface area is 132 Å². The van der Waals surface area contributed by atoms with Gasteiger partial charge >= 0.3 is 0 Å². The van der Waals surface area contributed by atoms with E-state index in [0.29, 0.717) is 18.2 Å². The highest BCUT2D eigenvalue weighted by Gasteiger charge is 2.30. The molecule has 7 heteroatoms. The van der Waals surface area contributed by atoms with E-state index < -0.39 is 5.91 Å². The van der Waals surface area contributed by atoms with Gasteiger partial charge in [-0.15, -0.1) is 11.3 Å². The van der Waals surface area contributed by atoms with E-state index in [1.165, 1.54) is 0 Å². The summed E-state index contributed by atoms with van der Waals surface area (Å²) in [6.07, 6.45) is 6.33. The summed E-state index contributed by atoms with van der Waals surface area (Å²) >= 11 is 1.65. The number of thiazole rings is 1. The SMILES string of the molecule is NC(=O)c1cn(Cc2csc([C@H]3CCCO3)n2)c(C2CC2)n1. The lowest BCUT2D eigenvalue weighted by molar-refractivity contribution is 0.0996. The third-order valence-corrected chi connectivity index (χ3v) is 5.09. The minimum absolute atomic E-state index is 0.158. The Bertz CT molecular complexity index is 698. The summed E-state index contributed by atoms with van der Waals surface area (Å²) in [6, 6.07) is 0. The number of amides is 1. The van der Waals surface area contributed by atoms with Crippen LogP contribution in [0.15, 0.2) is 11.6 Å². The van der Waals surface area contributed by atoms with Crippen LogP contribution in [-0.4, -0.2) is 27.0 Å². The fraction of sp³-hybridized carbons (Fsp3) is 0.533. The van der Waals surface area contributed by atoms with Gasteiger partial charge in [0.2, 0.25) is 0 Å². The first-order valence-electron chi connectivity index (χ1n) is 7.63. The molecule has 2 aromatic heterocycles. The Morgan fingerprint density at radius 1 is 1.41 bits per heavy atom. The molecule has 4 rings (SSSR count). The number of hydrogen-bond donors (Lipinski definition) is 1. The van der Waals surface area contributed by atoms with Crippen LogP contribution in [0.2, 0.25) is 0 Å². The van der Waals surface area contributed by atoms with Gasteiger partial charge < -0.3 is 15.0 Å². The van der Waals surface area contributed by atoms with Gasteiger partial charge in [-0.1, -0.05) is 0 Å². The van der Waals surface area contributed by atoms with Gasteiger partial charge in [0, 0.05) is 24.1 Å². The first-order chi connectivity index (χ1) is 10.7. The Morgan fingerprint density at radius 3 is 2.95 bits per heavy atom. The molecule has 22 heavy (non-hydrogen) atoms. The van der Waals surface area contributed by atoms with Crippen LogP contribution in [0.5, 0.6) is 0 Å². The normalized spacial score (nSPS) is 21.4. The van der Waals surface area contributed by atoms with Crippen LogP contribution in [0.4, 0.5) is 0 Å². The molecule has 1 amide bonds. The molecule has 0 unspecified atom stereocenters. The summed E-state index contributed by atoms with van der Waals surface area (Å²) in [7, 11) is 0. The molecule has 2 aliphatic rings. The van der Waals surface area contributed by atoms with Crippen LogP contribution in [0.1, 0.15) is 64.7 Å². The zero-order chi connectivity index (χ0) is 15.1. The van der Waals surface area contributed by atoms with Crippen LogP contribution in [-0.2, 0) is 11.3 Å². The lowest BCUT2D eigenvalue weighted by Crippen LogP contribution is -2.11.